The van der Waals surface area contributed by atoms with Crippen molar-refractivity contribution < 1.29 is 14.3 Å². The van der Waals surface area contributed by atoms with Gasteiger partial charge in [0.2, 0.25) is 0 Å². The predicted octanol–water partition coefficient (Wildman–Crippen LogP) is 3.12. The third-order valence-electron chi connectivity index (χ3n) is 2.98. The lowest BCUT2D eigenvalue weighted by molar-refractivity contribution is 0.0713. The molecule has 0 aliphatic heterocycles. The lowest BCUT2D eigenvalue weighted by atomic mass is 10.2. The molecule has 2 aromatic rings. The maximum Gasteiger partial charge on any atom is 0.289 e. The first-order valence-electron chi connectivity index (χ1n) is 6.27. The molecule has 20 heavy (non-hydrogen) atoms. The van der Waals surface area contributed by atoms with Crippen molar-refractivity contribution >= 4 is 32.8 Å². The Morgan fingerprint density at radius 3 is 2.90 bits per heavy atom. The Kier molecular flexibility index (Phi) is 4.62. The Hall–Kier alpha value is -1.59. The highest BCUT2D eigenvalue weighted by Crippen LogP contribution is 2.27. The van der Waals surface area contributed by atoms with Gasteiger partial charge in [-0.3, -0.25) is 4.79 Å². The summed E-state index contributed by atoms with van der Waals surface area (Å²) >= 11 is 3.42. The van der Waals surface area contributed by atoms with Crippen molar-refractivity contribution in [3.8, 4) is 0 Å². The number of fused-ring (bicyclic) bond motifs is 1. The smallest absolute Gasteiger partial charge is 0.289 e. The molecule has 1 N–H and O–H groups in total. The summed E-state index contributed by atoms with van der Waals surface area (Å²) in [5.41, 5.74) is 1.67. The average molecular weight is 338 g/mol. The van der Waals surface area contributed by atoms with E-state index in [1.165, 1.54) is 4.90 Å². The second-order valence-electron chi connectivity index (χ2n) is 4.52. The second-order valence-corrected chi connectivity index (χ2v) is 5.43. The molecular weight excluding hydrogens is 322 g/mol. The number of halogens is 1. The standard InChI is InChI=1S/C15H16BrNO3/c1-3-4-17(5-6-18)15(19)13-9-11-8-12(16)7-10(2)14(11)20-13/h3,7-9,18H,1,4-6H2,2H3. The highest BCUT2D eigenvalue weighted by molar-refractivity contribution is 9.10. The monoisotopic (exact) mass is 337 g/mol. The number of carbonyl (C=O) groups excluding carboxylic acids is 1. The Labute approximate surface area is 125 Å². The fourth-order valence-corrected chi connectivity index (χ4v) is 2.69. The van der Waals surface area contributed by atoms with E-state index >= 15 is 0 Å². The van der Waals surface area contributed by atoms with Crippen molar-refractivity contribution in [2.24, 2.45) is 0 Å². The summed E-state index contributed by atoms with van der Waals surface area (Å²) in [4.78, 5) is 13.8. The molecule has 1 amide bonds. The van der Waals surface area contributed by atoms with Gasteiger partial charge in [0.05, 0.1) is 6.61 Å². The number of furan rings is 1. The molecule has 0 saturated carbocycles. The number of hydrogen-bond donors (Lipinski definition) is 1. The van der Waals surface area contributed by atoms with E-state index in [1.807, 2.05) is 19.1 Å². The van der Waals surface area contributed by atoms with E-state index in [0.29, 0.717) is 12.1 Å². The van der Waals surface area contributed by atoms with Gasteiger partial charge in [-0.05, 0) is 30.7 Å². The lowest BCUT2D eigenvalue weighted by Crippen LogP contribution is -2.33. The van der Waals surface area contributed by atoms with Crippen molar-refractivity contribution in [1.82, 2.24) is 4.90 Å². The lowest BCUT2D eigenvalue weighted by Gasteiger charge is -2.18. The first kappa shape index (κ1) is 14.8. The van der Waals surface area contributed by atoms with Crippen LogP contribution < -0.4 is 0 Å². The molecule has 0 aliphatic carbocycles. The van der Waals surface area contributed by atoms with E-state index in [4.69, 9.17) is 9.52 Å². The minimum Gasteiger partial charge on any atom is -0.451 e. The van der Waals surface area contributed by atoms with Crippen LogP contribution >= 0.6 is 15.9 Å². The van der Waals surface area contributed by atoms with Gasteiger partial charge in [-0.2, -0.15) is 0 Å². The quantitative estimate of drug-likeness (QED) is 0.853. The largest absolute Gasteiger partial charge is 0.451 e. The van der Waals surface area contributed by atoms with E-state index in [-0.39, 0.29) is 24.8 Å². The van der Waals surface area contributed by atoms with Crippen molar-refractivity contribution in [3.05, 3.63) is 46.7 Å². The van der Waals surface area contributed by atoms with Gasteiger partial charge in [0.1, 0.15) is 5.58 Å². The van der Waals surface area contributed by atoms with Gasteiger partial charge in [-0.15, -0.1) is 6.58 Å². The Morgan fingerprint density at radius 2 is 2.25 bits per heavy atom. The summed E-state index contributed by atoms with van der Waals surface area (Å²) in [6.07, 6.45) is 1.62. The summed E-state index contributed by atoms with van der Waals surface area (Å²) in [5.74, 6) is 0.0298. The van der Waals surface area contributed by atoms with Gasteiger partial charge in [-0.25, -0.2) is 0 Å². The average Bonchev–Trinajstić information content (AvgIpc) is 2.81. The maximum absolute atomic E-state index is 12.4. The molecule has 2 rings (SSSR count). The van der Waals surface area contributed by atoms with Crippen LogP contribution in [-0.2, 0) is 0 Å². The number of aryl methyl sites for hydroxylation is 1. The van der Waals surface area contributed by atoms with Crippen molar-refractivity contribution in [3.63, 3.8) is 0 Å². The van der Waals surface area contributed by atoms with E-state index in [1.54, 1.807) is 12.1 Å². The minimum absolute atomic E-state index is 0.0929. The molecular formula is C15H16BrNO3. The van der Waals surface area contributed by atoms with Crippen LogP contribution in [0.1, 0.15) is 16.1 Å². The van der Waals surface area contributed by atoms with E-state index in [0.717, 1.165) is 15.4 Å². The van der Waals surface area contributed by atoms with Gasteiger partial charge in [0.15, 0.2) is 5.76 Å². The molecule has 5 heteroatoms. The highest BCUT2D eigenvalue weighted by Gasteiger charge is 2.19. The minimum atomic E-state index is -0.245. The summed E-state index contributed by atoms with van der Waals surface area (Å²) in [6, 6.07) is 5.57. The SMILES string of the molecule is C=CCN(CCO)C(=O)c1cc2cc(Br)cc(C)c2o1. The molecule has 0 saturated heterocycles. The third-order valence-corrected chi connectivity index (χ3v) is 3.44. The Morgan fingerprint density at radius 1 is 1.50 bits per heavy atom. The van der Waals surface area contributed by atoms with Crippen LogP contribution in [0.3, 0.4) is 0 Å². The van der Waals surface area contributed by atoms with Gasteiger partial charge >= 0.3 is 0 Å². The highest BCUT2D eigenvalue weighted by atomic mass is 79.9. The molecule has 1 aromatic carbocycles. The molecule has 0 spiro atoms. The Balaban J connectivity index is 2.39. The third kappa shape index (κ3) is 2.94. The zero-order valence-electron chi connectivity index (χ0n) is 11.2. The van der Waals surface area contributed by atoms with Gasteiger partial charge in [0.25, 0.3) is 5.91 Å². The topological polar surface area (TPSA) is 53.7 Å². The number of rotatable bonds is 5. The zero-order valence-corrected chi connectivity index (χ0v) is 12.8. The van der Waals surface area contributed by atoms with Crippen LogP contribution in [0, 0.1) is 6.92 Å². The Bertz CT molecular complexity index is 648. The number of aliphatic hydroxyl groups is 1. The molecule has 0 radical (unpaired) electrons. The first-order chi connectivity index (χ1) is 9.56. The van der Waals surface area contributed by atoms with Crippen molar-refractivity contribution in [1.29, 1.82) is 0 Å². The fourth-order valence-electron chi connectivity index (χ4n) is 2.10. The summed E-state index contributed by atoms with van der Waals surface area (Å²) in [7, 11) is 0. The van der Waals surface area contributed by atoms with Crippen LogP contribution in [-0.4, -0.2) is 35.6 Å². The number of carbonyl (C=O) groups is 1. The van der Waals surface area contributed by atoms with E-state index in [2.05, 4.69) is 22.5 Å². The number of benzene rings is 1. The molecule has 0 fully saturated rings. The number of amides is 1. The van der Waals surface area contributed by atoms with Gasteiger partial charge < -0.3 is 14.4 Å². The van der Waals surface area contributed by atoms with Gasteiger partial charge in [-0.1, -0.05) is 22.0 Å². The molecule has 4 nitrogen and oxygen atoms in total. The molecule has 0 unspecified atom stereocenters. The van der Waals surface area contributed by atoms with E-state index in [9.17, 15) is 4.79 Å². The van der Waals surface area contributed by atoms with Crippen molar-refractivity contribution in [2.75, 3.05) is 19.7 Å². The normalized spacial score (nSPS) is 10.8. The first-order valence-corrected chi connectivity index (χ1v) is 7.07. The zero-order chi connectivity index (χ0) is 14.7. The van der Waals surface area contributed by atoms with Crippen LogP contribution in [0.2, 0.25) is 0 Å². The second kappa shape index (κ2) is 6.24. The number of nitrogens with zero attached hydrogens (tertiary/aromatic N) is 1. The van der Waals surface area contributed by atoms with Crippen LogP contribution in [0.5, 0.6) is 0 Å². The molecule has 1 heterocycles. The summed E-state index contributed by atoms with van der Waals surface area (Å²) in [6.45, 7) is 6.08. The fraction of sp³-hybridized carbons (Fsp3) is 0.267. The molecule has 106 valence electrons. The van der Waals surface area contributed by atoms with Crippen LogP contribution in [0.25, 0.3) is 11.0 Å². The van der Waals surface area contributed by atoms with Crippen LogP contribution in [0.15, 0.2) is 39.7 Å². The molecule has 0 bridgehead atoms. The predicted molar refractivity (Wildman–Crippen MR) is 81.8 cm³/mol. The summed E-state index contributed by atoms with van der Waals surface area (Å²) < 4.78 is 6.61. The van der Waals surface area contributed by atoms with Crippen LogP contribution in [0.4, 0.5) is 0 Å². The van der Waals surface area contributed by atoms with E-state index < -0.39 is 0 Å². The molecule has 0 aliphatic rings. The number of aliphatic hydroxyl groups excluding tert-OH is 1. The molecule has 1 aromatic heterocycles. The number of hydrogen-bond acceptors (Lipinski definition) is 3. The molecule has 0 atom stereocenters. The van der Waals surface area contributed by atoms with Gasteiger partial charge in [0, 0.05) is 22.9 Å². The maximum atomic E-state index is 12.4. The van der Waals surface area contributed by atoms with Crippen molar-refractivity contribution in [2.45, 2.75) is 6.92 Å². The summed E-state index contributed by atoms with van der Waals surface area (Å²) in [5, 5.41) is 9.89.